The standard InChI is InChI=1S/C10H12ClNO3/c1-12-4-7(13)6-2-3-8-10(9(6)11)15-5-14-8/h2-3,7,12-13H,4-5H2,1H3. The van der Waals surface area contributed by atoms with Crippen LogP contribution in [0, 0.1) is 0 Å². The van der Waals surface area contributed by atoms with Gasteiger partial charge in [-0.05, 0) is 13.1 Å². The first kappa shape index (κ1) is 10.5. The molecule has 1 atom stereocenters. The third-order valence-electron chi connectivity index (χ3n) is 2.27. The molecule has 0 aliphatic carbocycles. The third-order valence-corrected chi connectivity index (χ3v) is 2.65. The number of nitrogens with one attached hydrogen (secondary N) is 1. The Bertz CT molecular complexity index is 370. The van der Waals surface area contributed by atoms with E-state index in [9.17, 15) is 5.11 Å². The van der Waals surface area contributed by atoms with Gasteiger partial charge >= 0.3 is 0 Å². The number of hydrogen-bond acceptors (Lipinski definition) is 4. The molecule has 1 heterocycles. The van der Waals surface area contributed by atoms with Gasteiger partial charge in [0.15, 0.2) is 11.5 Å². The summed E-state index contributed by atoms with van der Waals surface area (Å²) in [4.78, 5) is 0. The molecular formula is C10H12ClNO3. The first-order valence-corrected chi connectivity index (χ1v) is 5.02. The van der Waals surface area contributed by atoms with Gasteiger partial charge in [-0.25, -0.2) is 0 Å². The van der Waals surface area contributed by atoms with E-state index in [0.29, 0.717) is 28.6 Å². The van der Waals surface area contributed by atoms with Gasteiger partial charge in [-0.1, -0.05) is 17.7 Å². The van der Waals surface area contributed by atoms with Crippen molar-refractivity contribution < 1.29 is 14.6 Å². The number of halogens is 1. The van der Waals surface area contributed by atoms with Crippen LogP contribution in [0.5, 0.6) is 11.5 Å². The normalized spacial score (nSPS) is 15.4. The number of aliphatic hydroxyl groups excluding tert-OH is 1. The highest BCUT2D eigenvalue weighted by molar-refractivity contribution is 6.33. The highest BCUT2D eigenvalue weighted by atomic mass is 35.5. The summed E-state index contributed by atoms with van der Waals surface area (Å²) in [6.07, 6.45) is -0.642. The Kier molecular flexibility index (Phi) is 3.00. The second-order valence-corrected chi connectivity index (χ2v) is 3.65. The van der Waals surface area contributed by atoms with Crippen molar-refractivity contribution in [3.05, 3.63) is 22.7 Å². The number of aliphatic hydroxyl groups is 1. The smallest absolute Gasteiger partial charge is 0.231 e. The predicted molar refractivity (Wildman–Crippen MR) is 56.5 cm³/mol. The minimum Gasteiger partial charge on any atom is -0.454 e. The number of benzene rings is 1. The van der Waals surface area contributed by atoms with Crippen LogP contribution in [-0.2, 0) is 0 Å². The largest absolute Gasteiger partial charge is 0.454 e. The quantitative estimate of drug-likeness (QED) is 0.821. The maximum Gasteiger partial charge on any atom is 0.231 e. The van der Waals surface area contributed by atoms with Crippen LogP contribution in [0.2, 0.25) is 5.02 Å². The number of ether oxygens (including phenoxy) is 2. The van der Waals surface area contributed by atoms with Gasteiger partial charge in [-0.2, -0.15) is 0 Å². The van der Waals surface area contributed by atoms with Crippen molar-refractivity contribution in [2.45, 2.75) is 6.10 Å². The Morgan fingerprint density at radius 1 is 1.53 bits per heavy atom. The molecule has 1 aromatic carbocycles. The molecule has 5 heteroatoms. The van der Waals surface area contributed by atoms with E-state index in [1.165, 1.54) is 0 Å². The van der Waals surface area contributed by atoms with Gasteiger partial charge in [0.2, 0.25) is 6.79 Å². The maximum absolute atomic E-state index is 9.79. The fourth-order valence-corrected chi connectivity index (χ4v) is 1.85. The lowest BCUT2D eigenvalue weighted by atomic mass is 10.1. The average Bonchev–Trinajstić information content (AvgIpc) is 2.67. The van der Waals surface area contributed by atoms with E-state index in [1.54, 1.807) is 19.2 Å². The lowest BCUT2D eigenvalue weighted by Crippen LogP contribution is -2.16. The predicted octanol–water partition coefficient (Wildman–Crippen LogP) is 1.32. The van der Waals surface area contributed by atoms with Gasteiger partial charge < -0.3 is 19.9 Å². The second kappa shape index (κ2) is 4.26. The lowest BCUT2D eigenvalue weighted by molar-refractivity contribution is 0.171. The van der Waals surface area contributed by atoms with Crippen molar-refractivity contribution >= 4 is 11.6 Å². The summed E-state index contributed by atoms with van der Waals surface area (Å²) in [5.74, 6) is 1.14. The first-order chi connectivity index (χ1) is 7.24. The number of fused-ring (bicyclic) bond motifs is 1. The summed E-state index contributed by atoms with van der Waals surface area (Å²) in [6.45, 7) is 0.625. The molecule has 0 saturated carbocycles. The van der Waals surface area contributed by atoms with Crippen molar-refractivity contribution in [1.29, 1.82) is 0 Å². The molecule has 1 aromatic rings. The molecule has 82 valence electrons. The van der Waals surface area contributed by atoms with Crippen molar-refractivity contribution in [2.75, 3.05) is 20.4 Å². The summed E-state index contributed by atoms with van der Waals surface area (Å²) in [7, 11) is 1.77. The molecular weight excluding hydrogens is 218 g/mol. The molecule has 1 aliphatic heterocycles. The van der Waals surface area contributed by atoms with Gasteiger partial charge in [-0.3, -0.25) is 0 Å². The van der Waals surface area contributed by atoms with Crippen molar-refractivity contribution in [1.82, 2.24) is 5.32 Å². The van der Waals surface area contributed by atoms with Crippen molar-refractivity contribution in [3.8, 4) is 11.5 Å². The lowest BCUT2D eigenvalue weighted by Gasteiger charge is -2.13. The molecule has 4 nitrogen and oxygen atoms in total. The minimum atomic E-state index is -0.642. The number of likely N-dealkylation sites (N-methyl/N-ethyl adjacent to an activating group) is 1. The molecule has 2 rings (SSSR count). The van der Waals surface area contributed by atoms with E-state index in [0.717, 1.165) is 0 Å². The van der Waals surface area contributed by atoms with E-state index < -0.39 is 6.10 Å². The van der Waals surface area contributed by atoms with E-state index >= 15 is 0 Å². The summed E-state index contributed by atoms with van der Waals surface area (Å²) in [6, 6.07) is 3.50. The molecule has 1 aliphatic rings. The van der Waals surface area contributed by atoms with Gasteiger partial charge in [0.1, 0.15) is 0 Å². The number of hydrogen-bond donors (Lipinski definition) is 2. The van der Waals surface area contributed by atoms with Crippen LogP contribution < -0.4 is 14.8 Å². The molecule has 2 N–H and O–H groups in total. The van der Waals surface area contributed by atoms with Crippen molar-refractivity contribution in [2.24, 2.45) is 0 Å². The Labute approximate surface area is 92.8 Å². The van der Waals surface area contributed by atoms with Crippen LogP contribution >= 0.6 is 11.6 Å². The molecule has 0 fully saturated rings. The highest BCUT2D eigenvalue weighted by Crippen LogP contribution is 2.42. The summed E-state index contributed by atoms with van der Waals surface area (Å²) in [5, 5.41) is 13.1. The third kappa shape index (κ3) is 1.88. The molecule has 0 spiro atoms. The molecule has 1 unspecified atom stereocenters. The van der Waals surface area contributed by atoms with Gasteiger partial charge in [0.25, 0.3) is 0 Å². The van der Waals surface area contributed by atoms with E-state index in [1.807, 2.05) is 0 Å². The summed E-state index contributed by atoms with van der Waals surface area (Å²) >= 11 is 6.09. The molecule has 0 saturated heterocycles. The maximum atomic E-state index is 9.79. The Morgan fingerprint density at radius 3 is 3.07 bits per heavy atom. The van der Waals surface area contributed by atoms with Crippen LogP contribution in [0.25, 0.3) is 0 Å². The van der Waals surface area contributed by atoms with Gasteiger partial charge in [0.05, 0.1) is 11.1 Å². The highest BCUT2D eigenvalue weighted by Gasteiger charge is 2.22. The zero-order chi connectivity index (χ0) is 10.8. The molecule has 0 bridgehead atoms. The fraction of sp³-hybridized carbons (Fsp3) is 0.400. The van der Waals surface area contributed by atoms with Crippen LogP contribution in [-0.4, -0.2) is 25.5 Å². The second-order valence-electron chi connectivity index (χ2n) is 3.28. The Morgan fingerprint density at radius 2 is 2.33 bits per heavy atom. The molecule has 0 aromatic heterocycles. The zero-order valence-corrected chi connectivity index (χ0v) is 9.04. The van der Waals surface area contributed by atoms with E-state index in [2.05, 4.69) is 5.32 Å². The average molecular weight is 230 g/mol. The monoisotopic (exact) mass is 229 g/mol. The van der Waals surface area contributed by atoms with Crippen LogP contribution in [0.3, 0.4) is 0 Å². The first-order valence-electron chi connectivity index (χ1n) is 4.64. The SMILES string of the molecule is CNCC(O)c1ccc2c(c1Cl)OCO2. The number of rotatable bonds is 3. The minimum absolute atomic E-state index is 0.181. The topological polar surface area (TPSA) is 50.7 Å². The Hall–Kier alpha value is -0.970. The Balaban J connectivity index is 2.33. The van der Waals surface area contributed by atoms with E-state index in [4.69, 9.17) is 21.1 Å². The van der Waals surface area contributed by atoms with Crippen LogP contribution in [0.15, 0.2) is 12.1 Å². The molecule has 15 heavy (non-hydrogen) atoms. The van der Waals surface area contributed by atoms with Crippen LogP contribution in [0.4, 0.5) is 0 Å². The van der Waals surface area contributed by atoms with Crippen molar-refractivity contribution in [3.63, 3.8) is 0 Å². The molecule has 0 radical (unpaired) electrons. The van der Waals surface area contributed by atoms with Gasteiger partial charge in [0, 0.05) is 12.1 Å². The molecule has 0 amide bonds. The summed E-state index contributed by atoms with van der Waals surface area (Å²) < 4.78 is 10.4. The summed E-state index contributed by atoms with van der Waals surface area (Å²) in [5.41, 5.74) is 0.648. The zero-order valence-electron chi connectivity index (χ0n) is 8.29. The van der Waals surface area contributed by atoms with Gasteiger partial charge in [-0.15, -0.1) is 0 Å². The fourth-order valence-electron chi connectivity index (χ4n) is 1.51. The van der Waals surface area contributed by atoms with E-state index in [-0.39, 0.29) is 6.79 Å². The van der Waals surface area contributed by atoms with Crippen LogP contribution in [0.1, 0.15) is 11.7 Å².